The highest BCUT2D eigenvalue weighted by molar-refractivity contribution is 6.02. The first-order valence-electron chi connectivity index (χ1n) is 8.16. The lowest BCUT2D eigenvalue weighted by atomic mass is 10.1. The summed E-state index contributed by atoms with van der Waals surface area (Å²) in [7, 11) is 5.12. The molecule has 26 heavy (non-hydrogen) atoms. The van der Waals surface area contributed by atoms with Crippen molar-refractivity contribution in [2.24, 2.45) is 13.0 Å². The minimum Gasteiger partial charge on any atom is -0.388 e. The molecule has 0 N–H and O–H groups in total. The van der Waals surface area contributed by atoms with E-state index in [2.05, 4.69) is 21.0 Å². The number of aromatic nitrogens is 4. The first-order chi connectivity index (χ1) is 12.6. The molecule has 0 saturated carbocycles. The van der Waals surface area contributed by atoms with Crippen LogP contribution in [0.2, 0.25) is 0 Å². The lowest BCUT2D eigenvalue weighted by Crippen LogP contribution is -2.27. The average molecular weight is 352 g/mol. The molecule has 0 aromatic carbocycles. The molecule has 1 saturated heterocycles. The summed E-state index contributed by atoms with van der Waals surface area (Å²) in [5.41, 5.74) is 3.62. The molecule has 0 aliphatic carbocycles. The first-order valence-corrected chi connectivity index (χ1v) is 8.16. The lowest BCUT2D eigenvalue weighted by molar-refractivity contribution is -0.118. The molecule has 8 heteroatoms. The van der Waals surface area contributed by atoms with Crippen molar-refractivity contribution >= 4 is 17.1 Å². The smallest absolute Gasteiger partial charge is 0.244 e. The van der Waals surface area contributed by atoms with Gasteiger partial charge >= 0.3 is 0 Å². The van der Waals surface area contributed by atoms with Gasteiger partial charge in [-0.25, -0.2) is 4.52 Å². The highest BCUT2D eigenvalue weighted by Gasteiger charge is 2.33. The number of hydrogen-bond acceptors (Lipinski definition) is 5. The number of rotatable bonds is 2. The van der Waals surface area contributed by atoms with Crippen molar-refractivity contribution in [1.82, 2.24) is 19.4 Å². The monoisotopic (exact) mass is 352 g/mol. The third kappa shape index (κ3) is 3.17. The average Bonchev–Trinajstić information content (AvgIpc) is 3.33. The van der Waals surface area contributed by atoms with Crippen LogP contribution in [0.5, 0.6) is 0 Å². The van der Waals surface area contributed by atoms with Gasteiger partial charge < -0.3 is 9.64 Å². The zero-order chi connectivity index (χ0) is 18.7. The Kier molecular flexibility index (Phi) is 5.00. The van der Waals surface area contributed by atoms with Gasteiger partial charge in [0.25, 0.3) is 0 Å². The number of fused-ring (bicyclic) bond motifs is 1. The predicted octanol–water partition coefficient (Wildman–Crippen LogP) is 1.87. The number of carbonyl (C=O) groups excluding carboxylic acids is 1. The number of methoxy groups -OCH3 is 1. The van der Waals surface area contributed by atoms with Crippen molar-refractivity contribution in [2.75, 3.05) is 25.7 Å². The summed E-state index contributed by atoms with van der Waals surface area (Å²) in [5.74, 6) is -0.680. The quantitative estimate of drug-likeness (QED) is 0.702. The molecule has 1 aliphatic rings. The van der Waals surface area contributed by atoms with E-state index in [0.29, 0.717) is 13.0 Å². The van der Waals surface area contributed by atoms with Crippen LogP contribution in [0.15, 0.2) is 36.9 Å². The van der Waals surface area contributed by atoms with Gasteiger partial charge in [-0.05, 0) is 18.6 Å². The van der Waals surface area contributed by atoms with E-state index in [4.69, 9.17) is 5.26 Å². The number of nitrogens with zero attached hydrogens (tertiary/aromatic N) is 6. The third-order valence-corrected chi connectivity index (χ3v) is 4.18. The van der Waals surface area contributed by atoms with Crippen LogP contribution in [0.4, 0.5) is 5.69 Å². The van der Waals surface area contributed by atoms with Crippen LogP contribution in [0.1, 0.15) is 6.42 Å². The molecule has 4 heterocycles. The maximum Gasteiger partial charge on any atom is 0.244 e. The van der Waals surface area contributed by atoms with Crippen LogP contribution in [0.3, 0.4) is 0 Å². The molecule has 1 unspecified atom stereocenters. The molecular weight excluding hydrogens is 332 g/mol. The Bertz CT molecular complexity index is 968. The van der Waals surface area contributed by atoms with Crippen molar-refractivity contribution in [3.63, 3.8) is 0 Å². The number of carbonyl (C=O) groups is 1. The van der Waals surface area contributed by atoms with Gasteiger partial charge in [-0.15, -0.1) is 0 Å². The molecule has 3 aromatic rings. The van der Waals surface area contributed by atoms with E-state index in [9.17, 15) is 4.79 Å². The van der Waals surface area contributed by atoms with Crippen LogP contribution in [-0.4, -0.2) is 46.1 Å². The van der Waals surface area contributed by atoms with Crippen LogP contribution in [0, 0.1) is 17.2 Å². The summed E-state index contributed by atoms with van der Waals surface area (Å²) >= 11 is 0. The normalized spacial score (nSPS) is 16.5. The second-order valence-corrected chi connectivity index (χ2v) is 6.05. The number of hydrogen-bond donors (Lipinski definition) is 0. The van der Waals surface area contributed by atoms with E-state index < -0.39 is 5.92 Å². The second-order valence-electron chi connectivity index (χ2n) is 6.05. The van der Waals surface area contributed by atoms with Crippen molar-refractivity contribution in [3.8, 4) is 17.2 Å². The Morgan fingerprint density at radius 2 is 2.04 bits per heavy atom. The van der Waals surface area contributed by atoms with Gasteiger partial charge in [-0.1, -0.05) is 0 Å². The Labute approximate surface area is 151 Å². The van der Waals surface area contributed by atoms with Gasteiger partial charge in [-0.3, -0.25) is 9.48 Å². The number of anilines is 1. The van der Waals surface area contributed by atoms with Crippen molar-refractivity contribution in [2.45, 2.75) is 6.42 Å². The largest absolute Gasteiger partial charge is 0.388 e. The molecule has 1 aliphatic heterocycles. The molecule has 8 nitrogen and oxygen atoms in total. The summed E-state index contributed by atoms with van der Waals surface area (Å²) < 4.78 is 7.75. The van der Waals surface area contributed by atoms with E-state index in [0.717, 1.165) is 22.3 Å². The SMILES string of the molecule is COC.Cn1cc(-c2cc3c(N4CCC(C#N)C4=O)ccnn3c2)cn1. The van der Waals surface area contributed by atoms with Gasteiger partial charge in [0.05, 0.1) is 23.5 Å². The molecule has 4 rings (SSSR count). The number of amides is 1. The van der Waals surface area contributed by atoms with Crippen LogP contribution >= 0.6 is 0 Å². The summed E-state index contributed by atoms with van der Waals surface area (Å²) in [6.07, 6.45) is 7.88. The van der Waals surface area contributed by atoms with Crippen LogP contribution < -0.4 is 4.90 Å². The molecule has 1 fully saturated rings. The van der Waals surface area contributed by atoms with Crippen molar-refractivity contribution < 1.29 is 9.53 Å². The number of aryl methyl sites for hydroxylation is 1. The van der Waals surface area contributed by atoms with E-state index in [1.165, 1.54) is 0 Å². The van der Waals surface area contributed by atoms with E-state index in [1.54, 1.807) is 40.7 Å². The van der Waals surface area contributed by atoms with Crippen molar-refractivity contribution in [3.05, 3.63) is 36.9 Å². The molecule has 1 atom stereocenters. The Morgan fingerprint density at radius 1 is 1.27 bits per heavy atom. The molecular formula is C18H20N6O2. The molecule has 0 bridgehead atoms. The van der Waals surface area contributed by atoms with Gasteiger partial charge in [0.15, 0.2) is 0 Å². The van der Waals surface area contributed by atoms with Gasteiger partial charge in [-0.2, -0.15) is 15.5 Å². The zero-order valence-electron chi connectivity index (χ0n) is 15.0. The first kappa shape index (κ1) is 17.6. The third-order valence-electron chi connectivity index (χ3n) is 4.18. The van der Waals surface area contributed by atoms with Gasteiger partial charge in [0.2, 0.25) is 5.91 Å². The van der Waals surface area contributed by atoms with E-state index >= 15 is 0 Å². The van der Waals surface area contributed by atoms with E-state index in [-0.39, 0.29) is 5.91 Å². The lowest BCUT2D eigenvalue weighted by Gasteiger charge is -2.16. The maximum atomic E-state index is 12.3. The Morgan fingerprint density at radius 3 is 2.65 bits per heavy atom. The Hall–Kier alpha value is -3.18. The fourth-order valence-corrected chi connectivity index (χ4v) is 3.00. The maximum absolute atomic E-state index is 12.3. The topological polar surface area (TPSA) is 88.5 Å². The molecule has 3 aromatic heterocycles. The van der Waals surface area contributed by atoms with E-state index in [1.807, 2.05) is 31.6 Å². The predicted molar refractivity (Wildman–Crippen MR) is 96.4 cm³/mol. The summed E-state index contributed by atoms with van der Waals surface area (Å²) in [6, 6.07) is 5.88. The fraction of sp³-hybridized carbons (Fsp3) is 0.333. The standard InChI is InChI=1S/C16H14N6O.C2H6O/c1-20-9-13(8-19-20)12-6-15-14(2-4-18-22(15)10-12)21-5-3-11(7-17)16(21)23;1-3-2/h2,4,6,8-11H,3,5H2,1H3;1-2H3. The summed E-state index contributed by atoms with van der Waals surface area (Å²) in [4.78, 5) is 14.0. The number of nitriles is 1. The zero-order valence-corrected chi connectivity index (χ0v) is 15.0. The van der Waals surface area contributed by atoms with Crippen molar-refractivity contribution in [1.29, 1.82) is 5.26 Å². The van der Waals surface area contributed by atoms with Crippen LogP contribution in [0.25, 0.3) is 16.6 Å². The molecule has 0 radical (unpaired) electrons. The molecule has 134 valence electrons. The summed E-state index contributed by atoms with van der Waals surface area (Å²) in [6.45, 7) is 0.560. The molecule has 1 amide bonds. The minimum absolute atomic E-state index is 0.135. The second kappa shape index (κ2) is 7.37. The van der Waals surface area contributed by atoms with Crippen LogP contribution in [-0.2, 0) is 16.6 Å². The highest BCUT2D eigenvalue weighted by atomic mass is 16.4. The number of ether oxygens (including phenoxy) is 1. The summed E-state index contributed by atoms with van der Waals surface area (Å²) in [5, 5.41) is 17.5. The Balaban J connectivity index is 0.000000613. The van der Waals surface area contributed by atoms with Gasteiger partial charge in [0.1, 0.15) is 5.92 Å². The highest BCUT2D eigenvalue weighted by Crippen LogP contribution is 2.31. The molecule has 0 spiro atoms. The minimum atomic E-state index is -0.545. The fourth-order valence-electron chi connectivity index (χ4n) is 3.00. The van der Waals surface area contributed by atoms with Gasteiger partial charge in [0, 0.05) is 57.5 Å².